The van der Waals surface area contributed by atoms with Crippen molar-refractivity contribution < 1.29 is 9.53 Å². The summed E-state index contributed by atoms with van der Waals surface area (Å²) in [6.45, 7) is 3.58. The van der Waals surface area contributed by atoms with Gasteiger partial charge in [0.2, 0.25) is 0 Å². The number of pyridine rings is 1. The van der Waals surface area contributed by atoms with Crippen LogP contribution in [0.2, 0.25) is 0 Å². The van der Waals surface area contributed by atoms with Gasteiger partial charge in [-0.2, -0.15) is 0 Å². The van der Waals surface area contributed by atoms with E-state index in [0.717, 1.165) is 50.2 Å². The molecule has 0 spiro atoms. The van der Waals surface area contributed by atoms with Crippen molar-refractivity contribution >= 4 is 11.7 Å². The summed E-state index contributed by atoms with van der Waals surface area (Å²) in [6.07, 6.45) is 4.97. The second-order valence-corrected chi connectivity index (χ2v) is 5.04. The van der Waals surface area contributed by atoms with Gasteiger partial charge < -0.3 is 15.4 Å². The molecule has 0 radical (unpaired) electrons. The number of anilines is 1. The Kier molecular flexibility index (Phi) is 8.43. The Morgan fingerprint density at radius 1 is 1.29 bits per heavy atom. The van der Waals surface area contributed by atoms with Crippen LogP contribution in [-0.4, -0.2) is 38.2 Å². The summed E-state index contributed by atoms with van der Waals surface area (Å²) in [7, 11) is 3.52. The van der Waals surface area contributed by atoms with Crippen LogP contribution in [0.15, 0.2) is 12.1 Å². The lowest BCUT2D eigenvalue weighted by Crippen LogP contribution is -2.25. The van der Waals surface area contributed by atoms with Crippen LogP contribution in [-0.2, 0) is 11.2 Å². The number of ether oxygens (including phenoxy) is 1. The normalized spacial score (nSPS) is 10.4. The fourth-order valence-corrected chi connectivity index (χ4v) is 2.08. The number of rotatable bonds is 10. The van der Waals surface area contributed by atoms with E-state index < -0.39 is 0 Å². The first-order valence-electron chi connectivity index (χ1n) is 7.67. The Morgan fingerprint density at radius 3 is 2.76 bits per heavy atom. The predicted molar refractivity (Wildman–Crippen MR) is 85.8 cm³/mol. The van der Waals surface area contributed by atoms with Gasteiger partial charge in [-0.15, -0.1) is 0 Å². The number of nitrogens with one attached hydrogen (secondary N) is 2. The molecule has 21 heavy (non-hydrogen) atoms. The van der Waals surface area contributed by atoms with Crippen LogP contribution >= 0.6 is 0 Å². The molecule has 1 rings (SSSR count). The molecule has 0 aliphatic rings. The molecule has 0 aromatic carbocycles. The number of hydrogen-bond donors (Lipinski definition) is 2. The largest absolute Gasteiger partial charge is 0.385 e. The number of nitrogens with zero attached hydrogens (tertiary/aromatic N) is 1. The van der Waals surface area contributed by atoms with Gasteiger partial charge in [-0.05, 0) is 37.8 Å². The molecular weight excluding hydrogens is 266 g/mol. The third-order valence-electron chi connectivity index (χ3n) is 3.21. The van der Waals surface area contributed by atoms with E-state index in [0.29, 0.717) is 12.1 Å². The van der Waals surface area contributed by atoms with E-state index in [1.54, 1.807) is 13.2 Å². The van der Waals surface area contributed by atoms with Crippen molar-refractivity contribution in [3.63, 3.8) is 0 Å². The lowest BCUT2D eigenvalue weighted by molar-refractivity contribution is 0.0952. The zero-order valence-corrected chi connectivity index (χ0v) is 13.4. The fraction of sp³-hybridized carbons (Fsp3) is 0.625. The van der Waals surface area contributed by atoms with Crippen LogP contribution in [0.5, 0.6) is 0 Å². The zero-order valence-electron chi connectivity index (χ0n) is 13.4. The molecule has 0 aliphatic heterocycles. The summed E-state index contributed by atoms with van der Waals surface area (Å²) in [6, 6.07) is 3.67. The van der Waals surface area contributed by atoms with Gasteiger partial charge in [0.25, 0.3) is 5.91 Å². The van der Waals surface area contributed by atoms with E-state index in [1.165, 1.54) is 0 Å². The van der Waals surface area contributed by atoms with Crippen LogP contribution in [0, 0.1) is 0 Å². The molecule has 0 saturated carbocycles. The van der Waals surface area contributed by atoms with Crippen LogP contribution in [0.25, 0.3) is 0 Å². The summed E-state index contributed by atoms with van der Waals surface area (Å²) in [5.74, 6) is 0.712. The van der Waals surface area contributed by atoms with Crippen LogP contribution in [0.1, 0.15) is 48.7 Å². The molecule has 0 fully saturated rings. The maximum atomic E-state index is 12.2. The molecule has 2 N–H and O–H groups in total. The quantitative estimate of drug-likeness (QED) is 0.651. The highest BCUT2D eigenvalue weighted by atomic mass is 16.5. The molecular formula is C16H27N3O2. The number of carbonyl (C=O) groups excluding carboxylic acids is 1. The molecule has 5 heteroatoms. The van der Waals surface area contributed by atoms with Gasteiger partial charge in [0.05, 0.1) is 0 Å². The van der Waals surface area contributed by atoms with Crippen molar-refractivity contribution in [3.05, 3.63) is 23.4 Å². The van der Waals surface area contributed by atoms with Crippen molar-refractivity contribution in [1.29, 1.82) is 0 Å². The number of hydrogen-bond acceptors (Lipinski definition) is 4. The minimum atomic E-state index is -0.0296. The highest BCUT2D eigenvalue weighted by molar-refractivity contribution is 5.95. The average molecular weight is 293 g/mol. The molecule has 5 nitrogen and oxygen atoms in total. The van der Waals surface area contributed by atoms with E-state index in [9.17, 15) is 4.79 Å². The van der Waals surface area contributed by atoms with Gasteiger partial charge in [-0.1, -0.05) is 13.3 Å². The number of aryl methyl sites for hydroxylation is 1. The smallest absolute Gasteiger partial charge is 0.251 e. The Hall–Kier alpha value is -1.62. The molecule has 1 aromatic heterocycles. The first-order valence-corrected chi connectivity index (χ1v) is 7.67. The monoisotopic (exact) mass is 293 g/mol. The van der Waals surface area contributed by atoms with Gasteiger partial charge >= 0.3 is 0 Å². The van der Waals surface area contributed by atoms with E-state index in [4.69, 9.17) is 4.74 Å². The third kappa shape index (κ3) is 6.58. The summed E-state index contributed by atoms with van der Waals surface area (Å²) in [4.78, 5) is 16.6. The number of methoxy groups -OCH3 is 1. The third-order valence-corrected chi connectivity index (χ3v) is 3.21. The summed E-state index contributed by atoms with van der Waals surface area (Å²) in [5.41, 5.74) is 1.63. The average Bonchev–Trinajstić information content (AvgIpc) is 2.50. The Bertz CT molecular complexity index is 436. The number of carbonyl (C=O) groups is 1. The molecule has 118 valence electrons. The van der Waals surface area contributed by atoms with Gasteiger partial charge in [-0.3, -0.25) is 4.79 Å². The molecule has 1 heterocycles. The lowest BCUT2D eigenvalue weighted by Gasteiger charge is -2.09. The molecule has 0 atom stereocenters. The van der Waals surface area contributed by atoms with Crippen molar-refractivity contribution in [3.8, 4) is 0 Å². The summed E-state index contributed by atoms with van der Waals surface area (Å²) < 4.78 is 5.00. The van der Waals surface area contributed by atoms with Crippen LogP contribution in [0.3, 0.4) is 0 Å². The SMILES string of the molecule is CCCc1cc(C(=O)NCCCCCOC)cc(NC)n1. The van der Waals surface area contributed by atoms with Crippen LogP contribution in [0.4, 0.5) is 5.82 Å². The van der Waals surface area contributed by atoms with Gasteiger partial charge in [0, 0.05) is 38.6 Å². The van der Waals surface area contributed by atoms with Gasteiger partial charge in [0.1, 0.15) is 5.82 Å². The maximum absolute atomic E-state index is 12.2. The maximum Gasteiger partial charge on any atom is 0.251 e. The lowest BCUT2D eigenvalue weighted by atomic mass is 10.1. The van der Waals surface area contributed by atoms with Crippen molar-refractivity contribution in [2.75, 3.05) is 32.6 Å². The Labute approximate surface area is 127 Å². The number of unbranched alkanes of at least 4 members (excludes halogenated alkanes) is 2. The van der Waals surface area contributed by atoms with Crippen LogP contribution < -0.4 is 10.6 Å². The second kappa shape index (κ2) is 10.2. The molecule has 1 aromatic rings. The molecule has 0 bridgehead atoms. The van der Waals surface area contributed by atoms with Crippen molar-refractivity contribution in [2.24, 2.45) is 0 Å². The van der Waals surface area contributed by atoms with E-state index in [1.807, 2.05) is 13.1 Å². The van der Waals surface area contributed by atoms with E-state index >= 15 is 0 Å². The van der Waals surface area contributed by atoms with E-state index in [2.05, 4.69) is 22.5 Å². The number of amides is 1. The highest BCUT2D eigenvalue weighted by Crippen LogP contribution is 2.12. The first-order chi connectivity index (χ1) is 10.2. The standard InChI is InChI=1S/C16H27N3O2/c1-4-8-14-11-13(12-15(17-2)19-14)16(20)18-9-6-5-7-10-21-3/h11-12H,4-10H2,1-3H3,(H,17,19)(H,18,20). The predicted octanol–water partition coefficient (Wildman–Crippen LogP) is 2.62. The topological polar surface area (TPSA) is 63.2 Å². The molecule has 0 unspecified atom stereocenters. The summed E-state index contributed by atoms with van der Waals surface area (Å²) in [5, 5.41) is 5.97. The Morgan fingerprint density at radius 2 is 2.10 bits per heavy atom. The minimum absolute atomic E-state index is 0.0296. The molecule has 0 saturated heterocycles. The fourth-order valence-electron chi connectivity index (χ4n) is 2.08. The Balaban J connectivity index is 2.50. The van der Waals surface area contributed by atoms with Gasteiger partial charge in [-0.25, -0.2) is 4.98 Å². The van der Waals surface area contributed by atoms with Gasteiger partial charge in [0.15, 0.2) is 0 Å². The summed E-state index contributed by atoms with van der Waals surface area (Å²) >= 11 is 0. The molecule has 1 amide bonds. The highest BCUT2D eigenvalue weighted by Gasteiger charge is 2.09. The van der Waals surface area contributed by atoms with E-state index in [-0.39, 0.29) is 5.91 Å². The molecule has 0 aliphatic carbocycles. The first kappa shape index (κ1) is 17.4. The zero-order chi connectivity index (χ0) is 15.5. The van der Waals surface area contributed by atoms with Crippen molar-refractivity contribution in [1.82, 2.24) is 10.3 Å². The van der Waals surface area contributed by atoms with Crippen molar-refractivity contribution in [2.45, 2.75) is 39.0 Å². The second-order valence-electron chi connectivity index (χ2n) is 5.04. The minimum Gasteiger partial charge on any atom is -0.385 e. The number of aromatic nitrogens is 1.